The SMILES string of the molecule is Brc1cc2cc3cccc(Br)c3cc2c(Br)c1Br. The molecule has 4 heteroatoms. The lowest BCUT2D eigenvalue weighted by molar-refractivity contribution is 1.61. The molecule has 0 heterocycles. The zero-order valence-electron chi connectivity index (χ0n) is 8.98. The summed E-state index contributed by atoms with van der Waals surface area (Å²) in [5, 5.41) is 4.87. The first-order chi connectivity index (χ1) is 8.58. The minimum Gasteiger partial charge on any atom is -0.0605 e. The molecule has 0 fully saturated rings. The van der Waals surface area contributed by atoms with E-state index in [2.05, 4.69) is 100 Å². The molecule has 0 atom stereocenters. The molecule has 0 bridgehead atoms. The molecule has 0 aliphatic heterocycles. The van der Waals surface area contributed by atoms with Crippen LogP contribution in [0.4, 0.5) is 0 Å². The number of halogens is 4. The van der Waals surface area contributed by atoms with Crippen molar-refractivity contribution >= 4 is 85.3 Å². The Hall–Kier alpha value is 0.1000. The summed E-state index contributed by atoms with van der Waals surface area (Å²) >= 11 is 14.4. The van der Waals surface area contributed by atoms with Crippen molar-refractivity contribution in [1.29, 1.82) is 0 Å². The van der Waals surface area contributed by atoms with E-state index in [1.165, 1.54) is 21.5 Å². The Balaban J connectivity index is 2.54. The quantitative estimate of drug-likeness (QED) is 0.233. The Bertz CT molecular complexity index is 778. The Morgan fingerprint density at radius 2 is 1.39 bits per heavy atom. The second kappa shape index (κ2) is 4.89. The molecule has 0 aliphatic rings. The average molecular weight is 494 g/mol. The van der Waals surface area contributed by atoms with Crippen LogP contribution in [0.3, 0.4) is 0 Å². The molecule has 0 saturated carbocycles. The lowest BCUT2D eigenvalue weighted by Gasteiger charge is -2.09. The van der Waals surface area contributed by atoms with Crippen LogP contribution in [0.2, 0.25) is 0 Å². The van der Waals surface area contributed by atoms with E-state index in [1.54, 1.807) is 0 Å². The minimum absolute atomic E-state index is 1.04. The van der Waals surface area contributed by atoms with Gasteiger partial charge in [0, 0.05) is 17.9 Å². The van der Waals surface area contributed by atoms with Gasteiger partial charge in [0.2, 0.25) is 0 Å². The first-order valence-electron chi connectivity index (χ1n) is 5.23. The van der Waals surface area contributed by atoms with Gasteiger partial charge in [0.25, 0.3) is 0 Å². The van der Waals surface area contributed by atoms with Crippen molar-refractivity contribution < 1.29 is 0 Å². The van der Waals surface area contributed by atoms with Gasteiger partial charge < -0.3 is 0 Å². The second-order valence-electron chi connectivity index (χ2n) is 4.02. The van der Waals surface area contributed by atoms with E-state index in [4.69, 9.17) is 0 Å². The van der Waals surface area contributed by atoms with Crippen molar-refractivity contribution in [3.63, 3.8) is 0 Å². The molecule has 18 heavy (non-hydrogen) atoms. The van der Waals surface area contributed by atoms with Crippen molar-refractivity contribution in [3.8, 4) is 0 Å². The van der Waals surface area contributed by atoms with E-state index in [0.29, 0.717) is 0 Å². The van der Waals surface area contributed by atoms with Crippen molar-refractivity contribution in [1.82, 2.24) is 0 Å². The Morgan fingerprint density at radius 1 is 0.611 bits per heavy atom. The van der Waals surface area contributed by atoms with Crippen LogP contribution in [0.15, 0.2) is 54.3 Å². The van der Waals surface area contributed by atoms with Crippen LogP contribution in [0.25, 0.3) is 21.5 Å². The number of rotatable bonds is 0. The third kappa shape index (κ3) is 2.07. The number of hydrogen-bond donors (Lipinski definition) is 0. The van der Waals surface area contributed by atoms with Crippen LogP contribution < -0.4 is 0 Å². The summed E-state index contributed by atoms with van der Waals surface area (Å²) in [5.74, 6) is 0. The van der Waals surface area contributed by atoms with Crippen LogP contribution >= 0.6 is 63.7 Å². The maximum Gasteiger partial charge on any atom is 0.0466 e. The van der Waals surface area contributed by atoms with Gasteiger partial charge in [-0.3, -0.25) is 0 Å². The molecule has 0 N–H and O–H groups in total. The highest BCUT2D eigenvalue weighted by Crippen LogP contribution is 2.39. The number of benzene rings is 3. The van der Waals surface area contributed by atoms with Crippen LogP contribution in [-0.4, -0.2) is 0 Å². The van der Waals surface area contributed by atoms with Gasteiger partial charge in [0.05, 0.1) is 0 Å². The van der Waals surface area contributed by atoms with Crippen LogP contribution in [-0.2, 0) is 0 Å². The van der Waals surface area contributed by atoms with E-state index in [0.717, 1.165) is 17.9 Å². The summed E-state index contributed by atoms with van der Waals surface area (Å²) < 4.78 is 4.29. The smallest absolute Gasteiger partial charge is 0.0466 e. The lowest BCUT2D eigenvalue weighted by atomic mass is 10.0. The van der Waals surface area contributed by atoms with E-state index in [9.17, 15) is 0 Å². The predicted octanol–water partition coefficient (Wildman–Crippen LogP) is 7.04. The first kappa shape index (κ1) is 13.1. The topological polar surface area (TPSA) is 0 Å². The summed E-state index contributed by atoms with van der Waals surface area (Å²) in [4.78, 5) is 0. The standard InChI is InChI=1S/C14H6Br4/c15-11-3-1-2-7-4-8-5-12(16)14(18)13(17)10(8)6-9(7)11/h1-6H. The van der Waals surface area contributed by atoms with Crippen molar-refractivity contribution in [2.75, 3.05) is 0 Å². The molecular formula is C14H6Br4. The minimum atomic E-state index is 1.04. The normalized spacial score (nSPS) is 11.3. The van der Waals surface area contributed by atoms with Crippen molar-refractivity contribution in [2.24, 2.45) is 0 Å². The zero-order chi connectivity index (χ0) is 12.9. The predicted molar refractivity (Wildman–Crippen MR) is 92.3 cm³/mol. The molecule has 3 aromatic carbocycles. The van der Waals surface area contributed by atoms with Gasteiger partial charge in [-0.25, -0.2) is 0 Å². The first-order valence-corrected chi connectivity index (χ1v) is 8.40. The summed E-state index contributed by atoms with van der Waals surface area (Å²) in [6.45, 7) is 0. The molecule has 0 nitrogen and oxygen atoms in total. The molecule has 0 saturated heterocycles. The molecule has 0 aromatic heterocycles. The van der Waals surface area contributed by atoms with Crippen LogP contribution in [0, 0.1) is 0 Å². The molecule has 0 spiro atoms. The van der Waals surface area contributed by atoms with Crippen molar-refractivity contribution in [2.45, 2.75) is 0 Å². The number of fused-ring (bicyclic) bond motifs is 2. The lowest BCUT2D eigenvalue weighted by Crippen LogP contribution is -1.82. The fraction of sp³-hybridized carbons (Fsp3) is 0. The van der Waals surface area contributed by atoms with Crippen LogP contribution in [0.1, 0.15) is 0 Å². The van der Waals surface area contributed by atoms with E-state index in [1.807, 2.05) is 0 Å². The maximum absolute atomic E-state index is 3.65. The Labute approximate surface area is 138 Å². The monoisotopic (exact) mass is 490 g/mol. The summed E-state index contributed by atoms with van der Waals surface area (Å²) in [6.07, 6.45) is 0. The molecule has 90 valence electrons. The third-order valence-electron chi connectivity index (χ3n) is 2.92. The van der Waals surface area contributed by atoms with Gasteiger partial charge in [0.15, 0.2) is 0 Å². The molecule has 3 rings (SSSR count). The van der Waals surface area contributed by atoms with Gasteiger partial charge in [0.1, 0.15) is 0 Å². The van der Waals surface area contributed by atoms with Gasteiger partial charge in [-0.1, -0.05) is 28.1 Å². The van der Waals surface area contributed by atoms with Gasteiger partial charge in [-0.2, -0.15) is 0 Å². The van der Waals surface area contributed by atoms with E-state index >= 15 is 0 Å². The van der Waals surface area contributed by atoms with Gasteiger partial charge >= 0.3 is 0 Å². The largest absolute Gasteiger partial charge is 0.0605 e. The fourth-order valence-electron chi connectivity index (χ4n) is 2.04. The van der Waals surface area contributed by atoms with Crippen LogP contribution in [0.5, 0.6) is 0 Å². The Kier molecular flexibility index (Phi) is 3.56. The maximum atomic E-state index is 3.65. The highest BCUT2D eigenvalue weighted by molar-refractivity contribution is 9.14. The average Bonchev–Trinajstić information content (AvgIpc) is 2.35. The highest BCUT2D eigenvalue weighted by atomic mass is 79.9. The zero-order valence-corrected chi connectivity index (χ0v) is 15.3. The van der Waals surface area contributed by atoms with Gasteiger partial charge in [-0.05, 0) is 93.6 Å². The fourth-order valence-corrected chi connectivity index (χ4v) is 4.13. The molecule has 0 aliphatic carbocycles. The molecule has 0 radical (unpaired) electrons. The van der Waals surface area contributed by atoms with E-state index in [-0.39, 0.29) is 0 Å². The van der Waals surface area contributed by atoms with E-state index < -0.39 is 0 Å². The summed E-state index contributed by atoms with van der Waals surface area (Å²) in [7, 11) is 0. The summed E-state index contributed by atoms with van der Waals surface area (Å²) in [5.41, 5.74) is 0. The van der Waals surface area contributed by atoms with Crippen molar-refractivity contribution in [3.05, 3.63) is 54.3 Å². The highest BCUT2D eigenvalue weighted by Gasteiger charge is 2.09. The third-order valence-corrected chi connectivity index (χ3v) is 6.95. The Morgan fingerprint density at radius 3 is 2.17 bits per heavy atom. The summed E-state index contributed by atoms with van der Waals surface area (Å²) in [6, 6.07) is 12.8. The molecule has 0 amide bonds. The molecular weight excluding hydrogens is 488 g/mol. The molecule has 0 unspecified atom stereocenters. The molecule has 3 aromatic rings. The number of hydrogen-bond acceptors (Lipinski definition) is 0. The van der Waals surface area contributed by atoms with Gasteiger partial charge in [-0.15, -0.1) is 0 Å². The second-order valence-corrected chi connectivity index (χ2v) is 7.32.